The van der Waals surface area contributed by atoms with E-state index in [0.717, 1.165) is 25.2 Å². The van der Waals surface area contributed by atoms with Crippen LogP contribution in [0.3, 0.4) is 0 Å². The molecule has 0 saturated carbocycles. The summed E-state index contributed by atoms with van der Waals surface area (Å²) >= 11 is 5.90. The second kappa shape index (κ2) is 5.86. The number of benzene rings is 1. The molecule has 0 bridgehead atoms. The van der Waals surface area contributed by atoms with Crippen LogP contribution >= 0.6 is 11.6 Å². The molecule has 2 rings (SSSR count). The molecule has 0 spiro atoms. The standard InChI is InChI=1S/C17H26ClFN2/c1-16(2,3)15-10-21(17(4,5)11-20-15)9-12-6-7-14(19)13(18)8-12/h6-8,15,20H,9-11H2,1-5H3. The van der Waals surface area contributed by atoms with E-state index in [4.69, 9.17) is 11.6 Å². The van der Waals surface area contributed by atoms with Crippen LogP contribution in [-0.2, 0) is 6.54 Å². The zero-order valence-corrected chi connectivity index (χ0v) is 14.4. The first-order valence-corrected chi connectivity index (χ1v) is 7.90. The molecule has 1 aliphatic heterocycles. The van der Waals surface area contributed by atoms with Gasteiger partial charge in [-0.1, -0.05) is 38.4 Å². The lowest BCUT2D eigenvalue weighted by Gasteiger charge is -2.49. The van der Waals surface area contributed by atoms with E-state index in [-0.39, 0.29) is 21.8 Å². The summed E-state index contributed by atoms with van der Waals surface area (Å²) in [5.74, 6) is -0.354. The Kier molecular flexibility index (Phi) is 4.67. The fourth-order valence-corrected chi connectivity index (χ4v) is 2.94. The van der Waals surface area contributed by atoms with Crippen LogP contribution in [0.1, 0.15) is 40.2 Å². The molecular formula is C17H26ClFN2. The van der Waals surface area contributed by atoms with Gasteiger partial charge in [0.05, 0.1) is 5.02 Å². The number of rotatable bonds is 2. The van der Waals surface area contributed by atoms with Crippen LogP contribution in [0.4, 0.5) is 4.39 Å². The average molecular weight is 313 g/mol. The Bertz CT molecular complexity index is 508. The summed E-state index contributed by atoms with van der Waals surface area (Å²) < 4.78 is 13.3. The molecular weight excluding hydrogens is 287 g/mol. The molecule has 1 fully saturated rings. The predicted octanol–water partition coefficient (Wildman–Crippen LogP) is 4.08. The van der Waals surface area contributed by atoms with Crippen LogP contribution in [0.2, 0.25) is 5.02 Å². The summed E-state index contributed by atoms with van der Waals surface area (Å²) in [6.45, 7) is 14.0. The molecule has 2 nitrogen and oxygen atoms in total. The molecule has 1 aromatic carbocycles. The van der Waals surface area contributed by atoms with Crippen molar-refractivity contribution in [2.45, 2.75) is 52.7 Å². The van der Waals surface area contributed by atoms with Crippen LogP contribution in [-0.4, -0.2) is 29.6 Å². The molecule has 1 unspecified atom stereocenters. The maximum atomic E-state index is 13.3. The minimum atomic E-state index is -0.354. The van der Waals surface area contributed by atoms with E-state index >= 15 is 0 Å². The molecule has 1 N–H and O–H groups in total. The van der Waals surface area contributed by atoms with Crippen molar-refractivity contribution in [2.75, 3.05) is 13.1 Å². The first kappa shape index (κ1) is 16.7. The third kappa shape index (κ3) is 3.97. The Morgan fingerprint density at radius 1 is 1.38 bits per heavy atom. The third-order valence-electron chi connectivity index (χ3n) is 4.44. The minimum Gasteiger partial charge on any atom is -0.310 e. The predicted molar refractivity (Wildman–Crippen MR) is 87.1 cm³/mol. The van der Waals surface area contributed by atoms with Crippen molar-refractivity contribution >= 4 is 11.6 Å². The van der Waals surface area contributed by atoms with E-state index in [1.54, 1.807) is 6.07 Å². The highest BCUT2D eigenvalue weighted by Gasteiger charge is 2.38. The number of hydrogen-bond acceptors (Lipinski definition) is 2. The highest BCUT2D eigenvalue weighted by Crippen LogP contribution is 2.29. The molecule has 21 heavy (non-hydrogen) atoms. The van der Waals surface area contributed by atoms with E-state index in [0.29, 0.717) is 6.04 Å². The first-order chi connectivity index (χ1) is 9.59. The van der Waals surface area contributed by atoms with Crippen LogP contribution < -0.4 is 5.32 Å². The van der Waals surface area contributed by atoms with Gasteiger partial charge in [0.2, 0.25) is 0 Å². The lowest BCUT2D eigenvalue weighted by atomic mass is 9.82. The highest BCUT2D eigenvalue weighted by molar-refractivity contribution is 6.30. The van der Waals surface area contributed by atoms with Crippen molar-refractivity contribution in [1.82, 2.24) is 10.2 Å². The molecule has 118 valence electrons. The number of halogens is 2. The fraction of sp³-hybridized carbons (Fsp3) is 0.647. The van der Waals surface area contributed by atoms with Crippen molar-refractivity contribution < 1.29 is 4.39 Å². The van der Waals surface area contributed by atoms with Crippen molar-refractivity contribution in [3.8, 4) is 0 Å². The summed E-state index contributed by atoms with van der Waals surface area (Å²) in [7, 11) is 0. The number of nitrogens with one attached hydrogen (secondary N) is 1. The number of hydrogen-bond donors (Lipinski definition) is 1. The summed E-state index contributed by atoms with van der Waals surface area (Å²) in [6.07, 6.45) is 0. The van der Waals surface area contributed by atoms with Crippen LogP contribution in [0.15, 0.2) is 18.2 Å². The highest BCUT2D eigenvalue weighted by atomic mass is 35.5. The fourth-order valence-electron chi connectivity index (χ4n) is 2.73. The van der Waals surface area contributed by atoms with Gasteiger partial charge < -0.3 is 5.32 Å². The molecule has 1 saturated heterocycles. The third-order valence-corrected chi connectivity index (χ3v) is 4.73. The second-order valence-corrected chi connectivity index (χ2v) is 8.15. The van der Waals surface area contributed by atoms with Crippen molar-refractivity contribution in [3.05, 3.63) is 34.6 Å². The molecule has 0 aromatic heterocycles. The van der Waals surface area contributed by atoms with Crippen molar-refractivity contribution in [1.29, 1.82) is 0 Å². The van der Waals surface area contributed by atoms with Gasteiger partial charge in [0.1, 0.15) is 5.82 Å². The zero-order valence-electron chi connectivity index (χ0n) is 13.6. The van der Waals surface area contributed by atoms with E-state index in [1.165, 1.54) is 6.07 Å². The summed E-state index contributed by atoms with van der Waals surface area (Å²) in [5.41, 5.74) is 1.35. The van der Waals surface area contributed by atoms with Gasteiger partial charge in [0, 0.05) is 31.2 Å². The smallest absolute Gasteiger partial charge is 0.141 e. The van der Waals surface area contributed by atoms with E-state index < -0.39 is 0 Å². The monoisotopic (exact) mass is 312 g/mol. The largest absolute Gasteiger partial charge is 0.310 e. The Morgan fingerprint density at radius 3 is 2.62 bits per heavy atom. The number of nitrogens with zero attached hydrogens (tertiary/aromatic N) is 1. The summed E-state index contributed by atoms with van der Waals surface area (Å²) in [4.78, 5) is 2.46. The van der Waals surface area contributed by atoms with Gasteiger partial charge in [-0.05, 0) is 37.0 Å². The molecule has 0 amide bonds. The van der Waals surface area contributed by atoms with Crippen LogP contribution in [0.5, 0.6) is 0 Å². The van der Waals surface area contributed by atoms with Crippen molar-refractivity contribution in [2.24, 2.45) is 5.41 Å². The molecule has 1 atom stereocenters. The SMILES string of the molecule is CC(C)(C)C1CN(Cc2ccc(F)c(Cl)c2)C(C)(C)CN1. The molecule has 1 aromatic rings. The molecule has 0 radical (unpaired) electrons. The van der Waals surface area contributed by atoms with Crippen LogP contribution in [0.25, 0.3) is 0 Å². The normalized spacial score (nSPS) is 23.3. The van der Waals surface area contributed by atoms with Gasteiger partial charge in [-0.3, -0.25) is 4.90 Å². The topological polar surface area (TPSA) is 15.3 Å². The maximum Gasteiger partial charge on any atom is 0.141 e. The molecule has 0 aliphatic carbocycles. The van der Waals surface area contributed by atoms with Gasteiger partial charge in [-0.25, -0.2) is 4.39 Å². The summed E-state index contributed by atoms with van der Waals surface area (Å²) in [6, 6.07) is 5.46. The lowest BCUT2D eigenvalue weighted by Crippen LogP contribution is -2.64. The minimum absolute atomic E-state index is 0.0720. The van der Waals surface area contributed by atoms with Gasteiger partial charge in [-0.2, -0.15) is 0 Å². The maximum absolute atomic E-state index is 13.3. The Labute approximate surface area is 132 Å². The first-order valence-electron chi connectivity index (χ1n) is 7.52. The van der Waals surface area contributed by atoms with Gasteiger partial charge in [0.25, 0.3) is 0 Å². The van der Waals surface area contributed by atoms with Gasteiger partial charge in [-0.15, -0.1) is 0 Å². The summed E-state index contributed by atoms with van der Waals surface area (Å²) in [5, 5.41) is 3.86. The second-order valence-electron chi connectivity index (χ2n) is 7.74. The Morgan fingerprint density at radius 2 is 2.05 bits per heavy atom. The quantitative estimate of drug-likeness (QED) is 0.885. The molecule has 4 heteroatoms. The van der Waals surface area contributed by atoms with Crippen LogP contribution in [0, 0.1) is 11.2 Å². The van der Waals surface area contributed by atoms with E-state index in [2.05, 4.69) is 44.8 Å². The van der Waals surface area contributed by atoms with Gasteiger partial charge >= 0.3 is 0 Å². The molecule has 1 aliphatic rings. The number of piperazine rings is 1. The van der Waals surface area contributed by atoms with E-state index in [9.17, 15) is 4.39 Å². The molecule has 1 heterocycles. The Hall–Kier alpha value is -0.640. The van der Waals surface area contributed by atoms with Gasteiger partial charge in [0.15, 0.2) is 0 Å². The zero-order chi connectivity index (χ0) is 15.8. The Balaban J connectivity index is 2.16. The average Bonchev–Trinajstić information content (AvgIpc) is 2.35. The van der Waals surface area contributed by atoms with Crippen molar-refractivity contribution in [3.63, 3.8) is 0 Å². The van der Waals surface area contributed by atoms with E-state index in [1.807, 2.05) is 6.07 Å². The lowest BCUT2D eigenvalue weighted by molar-refractivity contribution is 0.0295.